The summed E-state index contributed by atoms with van der Waals surface area (Å²) in [6.45, 7) is 0.717. The quantitative estimate of drug-likeness (QED) is 0.763. The zero-order valence-corrected chi connectivity index (χ0v) is 10.6. The number of carbonyl (C=O) groups excluding carboxylic acids is 1. The highest BCUT2D eigenvalue weighted by atomic mass is 32.2. The van der Waals surface area contributed by atoms with E-state index in [1.165, 1.54) is 11.8 Å². The van der Waals surface area contributed by atoms with E-state index in [2.05, 4.69) is 20.6 Å². The Balaban J connectivity index is 1.63. The Morgan fingerprint density at radius 2 is 2.17 bits per heavy atom. The highest BCUT2D eigenvalue weighted by molar-refractivity contribution is 8.13. The molecule has 0 atom stereocenters. The van der Waals surface area contributed by atoms with Crippen molar-refractivity contribution in [2.75, 3.05) is 5.75 Å². The molecule has 0 spiro atoms. The predicted molar refractivity (Wildman–Crippen MR) is 66.6 cm³/mol. The van der Waals surface area contributed by atoms with E-state index in [1.54, 1.807) is 0 Å². The van der Waals surface area contributed by atoms with Gasteiger partial charge in [0.1, 0.15) is 0 Å². The Morgan fingerprint density at radius 1 is 1.33 bits per heavy atom. The fourth-order valence-electron chi connectivity index (χ4n) is 1.42. The van der Waals surface area contributed by atoms with Crippen molar-refractivity contribution in [3.8, 4) is 0 Å². The second-order valence-corrected chi connectivity index (χ2v) is 4.81. The summed E-state index contributed by atoms with van der Waals surface area (Å²) < 4.78 is 2.00. The molecule has 7 heteroatoms. The number of aryl methyl sites for hydroxylation is 2. The molecule has 0 fully saturated rings. The van der Waals surface area contributed by atoms with Crippen LogP contribution in [0.2, 0.25) is 0 Å². The summed E-state index contributed by atoms with van der Waals surface area (Å²) in [6.07, 6.45) is 5.10. The maximum absolute atomic E-state index is 11.6. The van der Waals surface area contributed by atoms with Crippen LogP contribution in [0, 0.1) is 0 Å². The van der Waals surface area contributed by atoms with Crippen molar-refractivity contribution in [2.24, 2.45) is 0 Å². The van der Waals surface area contributed by atoms with Gasteiger partial charge in [-0.25, -0.2) is 4.57 Å². The molecule has 6 nitrogen and oxygen atoms in total. The Bertz CT molecular complexity index is 473. The van der Waals surface area contributed by atoms with Gasteiger partial charge in [0.2, 0.25) is 0 Å². The van der Waals surface area contributed by atoms with Gasteiger partial charge < -0.3 is 0 Å². The summed E-state index contributed by atoms with van der Waals surface area (Å²) in [5.41, 5.74) is 0. The number of thioether (sulfide) groups is 1. The molecule has 2 heterocycles. The first-order valence-electron chi connectivity index (χ1n) is 5.66. The second-order valence-electron chi connectivity index (χ2n) is 3.66. The van der Waals surface area contributed by atoms with Crippen LogP contribution in [0.25, 0.3) is 0 Å². The molecule has 18 heavy (non-hydrogen) atoms. The van der Waals surface area contributed by atoms with Gasteiger partial charge in [-0.15, -0.1) is 10.2 Å². The van der Waals surface area contributed by atoms with E-state index in [1.807, 2.05) is 35.2 Å². The first-order chi connectivity index (χ1) is 8.84. The lowest BCUT2D eigenvalue weighted by molar-refractivity contribution is -0.695. The largest absolute Gasteiger partial charge is 0.287 e. The zero-order chi connectivity index (χ0) is 12.6. The summed E-state index contributed by atoms with van der Waals surface area (Å²) in [7, 11) is 0. The SMILES string of the molecule is O=C(CC[n+]1ccccc1)SCCc1nn[nH]n1. The van der Waals surface area contributed by atoms with Crippen LogP contribution in [-0.2, 0) is 17.8 Å². The molecule has 0 aromatic carbocycles. The van der Waals surface area contributed by atoms with Crippen LogP contribution in [-0.4, -0.2) is 31.5 Å². The number of nitrogens with one attached hydrogen (secondary N) is 1. The third-order valence-electron chi connectivity index (χ3n) is 2.33. The van der Waals surface area contributed by atoms with Gasteiger partial charge in [-0.05, 0) is 0 Å². The molecule has 1 N–H and O–H groups in total. The molecule has 0 saturated heterocycles. The average molecular weight is 264 g/mol. The van der Waals surface area contributed by atoms with Crippen molar-refractivity contribution >= 4 is 16.9 Å². The van der Waals surface area contributed by atoms with Crippen molar-refractivity contribution in [3.05, 3.63) is 36.4 Å². The monoisotopic (exact) mass is 264 g/mol. The first-order valence-corrected chi connectivity index (χ1v) is 6.65. The minimum atomic E-state index is 0.190. The average Bonchev–Trinajstić information content (AvgIpc) is 2.91. The Morgan fingerprint density at radius 3 is 2.89 bits per heavy atom. The maximum atomic E-state index is 11.6. The molecule has 2 aromatic rings. The van der Waals surface area contributed by atoms with Gasteiger partial charge >= 0.3 is 0 Å². The summed E-state index contributed by atoms with van der Waals surface area (Å²) in [6, 6.07) is 5.86. The Kier molecular flexibility index (Phi) is 4.83. The maximum Gasteiger partial charge on any atom is 0.195 e. The molecule has 94 valence electrons. The number of H-pyrrole nitrogens is 1. The van der Waals surface area contributed by atoms with Crippen molar-refractivity contribution in [1.82, 2.24) is 20.6 Å². The van der Waals surface area contributed by atoms with E-state index >= 15 is 0 Å². The minimum absolute atomic E-state index is 0.190. The molecule has 0 bridgehead atoms. The van der Waals surface area contributed by atoms with Crippen LogP contribution >= 0.6 is 11.8 Å². The molecule has 0 aliphatic heterocycles. The van der Waals surface area contributed by atoms with Crippen LogP contribution < -0.4 is 4.57 Å². The van der Waals surface area contributed by atoms with Crippen molar-refractivity contribution in [2.45, 2.75) is 19.4 Å². The second kappa shape index (κ2) is 6.85. The van der Waals surface area contributed by atoms with Gasteiger partial charge in [0.05, 0.1) is 6.42 Å². The highest BCUT2D eigenvalue weighted by Gasteiger charge is 2.07. The molecule has 0 amide bonds. The van der Waals surface area contributed by atoms with Crippen LogP contribution in [0.3, 0.4) is 0 Å². The predicted octanol–water partition coefficient (Wildman–Crippen LogP) is 0.380. The van der Waals surface area contributed by atoms with Gasteiger partial charge in [0, 0.05) is 24.3 Å². The smallest absolute Gasteiger partial charge is 0.195 e. The number of rotatable bonds is 6. The molecule has 2 rings (SSSR count). The highest BCUT2D eigenvalue weighted by Crippen LogP contribution is 2.07. The normalized spacial score (nSPS) is 10.4. The van der Waals surface area contributed by atoms with Gasteiger partial charge in [0.15, 0.2) is 29.9 Å². The van der Waals surface area contributed by atoms with Gasteiger partial charge in [0.25, 0.3) is 0 Å². The fourth-order valence-corrected chi connectivity index (χ4v) is 2.17. The summed E-state index contributed by atoms with van der Waals surface area (Å²) in [5.74, 6) is 1.34. The Labute approximate surface area is 109 Å². The molecule has 0 aliphatic carbocycles. The number of hydrogen-bond donors (Lipinski definition) is 1. The molecule has 2 aromatic heterocycles. The van der Waals surface area contributed by atoms with E-state index in [0.29, 0.717) is 24.4 Å². The number of nitrogens with zero attached hydrogens (tertiary/aromatic N) is 4. The van der Waals surface area contributed by atoms with E-state index in [4.69, 9.17) is 0 Å². The van der Waals surface area contributed by atoms with Crippen LogP contribution in [0.1, 0.15) is 12.2 Å². The standard InChI is InChI=1S/C11H14N5OS/c17-11(4-8-16-6-2-1-3-7-16)18-9-5-10-12-14-15-13-10/h1-3,6-7H,4-5,8-9H2,(H,12,13,14,15)/q+1. The molecule has 0 aliphatic rings. The summed E-state index contributed by atoms with van der Waals surface area (Å²) in [5, 5.41) is 13.7. The van der Waals surface area contributed by atoms with Crippen LogP contribution in [0.5, 0.6) is 0 Å². The van der Waals surface area contributed by atoms with Gasteiger partial charge in [-0.1, -0.05) is 23.0 Å². The topological polar surface area (TPSA) is 75.4 Å². The third kappa shape index (κ3) is 4.25. The van der Waals surface area contributed by atoms with E-state index in [9.17, 15) is 4.79 Å². The molecular weight excluding hydrogens is 250 g/mol. The molecular formula is C11H14N5OS+. The number of aromatic amines is 1. The lowest BCUT2D eigenvalue weighted by Gasteiger charge is -1.97. The zero-order valence-electron chi connectivity index (χ0n) is 9.82. The third-order valence-corrected chi connectivity index (χ3v) is 3.26. The number of carbonyl (C=O) groups is 1. The van der Waals surface area contributed by atoms with Crippen molar-refractivity contribution in [3.63, 3.8) is 0 Å². The van der Waals surface area contributed by atoms with Crippen molar-refractivity contribution < 1.29 is 9.36 Å². The van der Waals surface area contributed by atoms with Gasteiger partial charge in [-0.2, -0.15) is 5.21 Å². The van der Waals surface area contributed by atoms with E-state index in [0.717, 1.165) is 6.54 Å². The number of tetrazole rings is 1. The minimum Gasteiger partial charge on any atom is -0.287 e. The first kappa shape index (κ1) is 12.7. The van der Waals surface area contributed by atoms with E-state index in [-0.39, 0.29) is 5.12 Å². The molecule has 0 saturated carbocycles. The summed E-state index contributed by atoms with van der Waals surface area (Å²) in [4.78, 5) is 11.6. The molecule has 0 unspecified atom stereocenters. The lowest BCUT2D eigenvalue weighted by Crippen LogP contribution is -2.33. The lowest BCUT2D eigenvalue weighted by atomic mass is 10.4. The Hall–Kier alpha value is -1.76. The van der Waals surface area contributed by atoms with E-state index < -0.39 is 0 Å². The van der Waals surface area contributed by atoms with Crippen LogP contribution in [0.4, 0.5) is 0 Å². The number of pyridine rings is 1. The molecule has 0 radical (unpaired) electrons. The fraction of sp³-hybridized carbons (Fsp3) is 0.364. The van der Waals surface area contributed by atoms with Crippen LogP contribution in [0.15, 0.2) is 30.6 Å². The van der Waals surface area contributed by atoms with Gasteiger partial charge in [-0.3, -0.25) is 4.79 Å². The summed E-state index contributed by atoms with van der Waals surface area (Å²) >= 11 is 1.32. The van der Waals surface area contributed by atoms with Crippen molar-refractivity contribution in [1.29, 1.82) is 0 Å². The number of hydrogen-bond acceptors (Lipinski definition) is 5. The number of aromatic nitrogens is 5.